The van der Waals surface area contributed by atoms with Crippen LogP contribution in [0.4, 0.5) is 16.4 Å². The molecule has 8 aromatic rings. The predicted octanol–water partition coefficient (Wildman–Crippen LogP) is 12.3. The zero-order chi connectivity index (χ0) is 65.1. The van der Waals surface area contributed by atoms with Crippen molar-refractivity contribution in [3.05, 3.63) is 82.6 Å². The third-order valence-corrected chi connectivity index (χ3v) is 24.8. The zero-order valence-corrected chi connectivity index (χ0v) is 61.0. The van der Waals surface area contributed by atoms with Gasteiger partial charge < -0.3 is 35.1 Å². The molecule has 0 aromatic carbocycles. The van der Waals surface area contributed by atoms with E-state index in [-0.39, 0.29) is 71.5 Å². The molecule has 12 heterocycles. The third-order valence-electron chi connectivity index (χ3n) is 17.2. The van der Waals surface area contributed by atoms with E-state index in [1.807, 2.05) is 81.1 Å². The summed E-state index contributed by atoms with van der Waals surface area (Å²) in [5.41, 5.74) is 12.6. The van der Waals surface area contributed by atoms with Crippen molar-refractivity contribution in [2.24, 2.45) is 0 Å². The Kier molecular flexibility index (Phi) is 20.3. The number of sulfone groups is 2. The van der Waals surface area contributed by atoms with Gasteiger partial charge >= 0.3 is 6.09 Å². The van der Waals surface area contributed by atoms with Crippen molar-refractivity contribution >= 4 is 99.9 Å². The summed E-state index contributed by atoms with van der Waals surface area (Å²) in [5.74, 6) is 0.276. The summed E-state index contributed by atoms with van der Waals surface area (Å²) in [6, 6.07) is 10.3. The van der Waals surface area contributed by atoms with Crippen LogP contribution in [0.2, 0.25) is 51.4 Å². The number of nitrogen functional groups attached to an aromatic ring is 1. The van der Waals surface area contributed by atoms with Gasteiger partial charge in [0.15, 0.2) is 36.8 Å². The SMILES string of the molecule is Cc1cnc(-c2ccc(-c3cnn4c(N(COCC[Si](C)(C)C)COCC[Si](C)(C)C)c(S(C)(=O)=O)c(C5C[C@H]6CC[C@@H](C5)N6C(=O)OC(C)(C)C)nc34)cn2)s1.Cc1cnc(-c2ccc(-c3cnn4c(N)c(S(C)(=O)=O)c(C5C[C@H]6CC[C@@H](C5)N6)nc34)cn2)s1.Cl. The van der Waals surface area contributed by atoms with E-state index in [0.29, 0.717) is 66.6 Å². The maximum Gasteiger partial charge on any atom is 0.410 e. The second-order valence-electron chi connectivity index (χ2n) is 28.4. The van der Waals surface area contributed by atoms with Gasteiger partial charge in [0, 0.05) is 135 Å². The number of halogens is 1. The molecule has 92 heavy (non-hydrogen) atoms. The van der Waals surface area contributed by atoms with Crippen molar-refractivity contribution in [2.75, 3.05) is 49.8 Å². The van der Waals surface area contributed by atoms with Gasteiger partial charge in [0.25, 0.3) is 0 Å². The van der Waals surface area contributed by atoms with Crippen LogP contribution in [0.3, 0.4) is 0 Å². The van der Waals surface area contributed by atoms with Gasteiger partial charge in [-0.05, 0) is 110 Å². The summed E-state index contributed by atoms with van der Waals surface area (Å²) in [6.07, 6.45) is 19.5. The number of nitrogens with two attached hydrogens (primary N) is 1. The lowest BCUT2D eigenvalue weighted by atomic mass is 9.88. The van der Waals surface area contributed by atoms with Crippen LogP contribution in [-0.2, 0) is 33.9 Å². The Morgan fingerprint density at radius 3 is 1.53 bits per heavy atom. The average Bonchev–Trinajstić information content (AvgIpc) is 1.38. The van der Waals surface area contributed by atoms with E-state index >= 15 is 0 Å². The molecular formula is C63H87ClN14O8S4Si2. The smallest absolute Gasteiger partial charge is 0.410 e. The Hall–Kier alpha value is -5.83. The standard InChI is InChI=1S/C40H61N7O6S2Si2.C23H25N7O2S2.ClH/c1-27-22-42-37(54-27)33-15-12-28(23-41-33)32-24-43-47-36(32)44-34(29-20-30-13-14-31(21-29)46(30)39(48)53-40(2,3)4)35(55(5,49)50)38(47)45(25-51-16-18-56(6,7)8)26-52-17-19-57(9,10)11;1-12-9-26-23(33-12)18-6-3-13(10-25-18)17-11-27-30-21(24)20(34(2,31)32)19(29-22(17)30)14-7-15-4-5-16(8-14)28-15;/h12,15,22-24,29-31H,13-14,16-21,25-26H2,1-11H3;3,6,9-11,14-16,28H,4-5,7-8,24H2,1-2H3;1H/t29?,30-,31+;14?,15-,16+;. The molecule has 1 amide bonds. The van der Waals surface area contributed by atoms with Crippen molar-refractivity contribution < 1.29 is 35.8 Å². The maximum absolute atomic E-state index is 14.3. The van der Waals surface area contributed by atoms with Crippen LogP contribution in [0.5, 0.6) is 0 Å². The number of aryl methyl sites for hydroxylation is 2. The van der Waals surface area contributed by atoms with Crippen LogP contribution >= 0.6 is 35.1 Å². The molecule has 0 aliphatic carbocycles. The lowest BCUT2D eigenvalue weighted by Crippen LogP contribution is -2.48. The highest BCUT2D eigenvalue weighted by molar-refractivity contribution is 7.91. The van der Waals surface area contributed by atoms with Crippen molar-refractivity contribution in [2.45, 2.75) is 189 Å². The summed E-state index contributed by atoms with van der Waals surface area (Å²) >= 11 is 3.18. The van der Waals surface area contributed by atoms with E-state index in [1.54, 1.807) is 52.0 Å². The molecule has 0 saturated carbocycles. The monoisotopic (exact) mass is 1390 g/mol. The van der Waals surface area contributed by atoms with Gasteiger partial charge in [-0.1, -0.05) is 51.4 Å². The molecular weight excluding hydrogens is 1300 g/mol. The molecule has 12 rings (SSSR count). The summed E-state index contributed by atoms with van der Waals surface area (Å²) < 4.78 is 75.8. The number of pyridine rings is 2. The molecule has 4 bridgehead atoms. The second-order valence-corrected chi connectivity index (χ2v) is 46.0. The highest BCUT2D eigenvalue weighted by atomic mass is 35.5. The predicted molar refractivity (Wildman–Crippen MR) is 371 cm³/mol. The molecule has 2 unspecified atom stereocenters. The Labute approximate surface area is 556 Å². The summed E-state index contributed by atoms with van der Waals surface area (Å²) in [7, 11) is -10.3. The zero-order valence-electron chi connectivity index (χ0n) is 54.9. The molecule has 4 aliphatic rings. The van der Waals surface area contributed by atoms with Gasteiger partial charge in [-0.3, -0.25) is 9.97 Å². The average molecular weight is 1390 g/mol. The van der Waals surface area contributed by atoms with Gasteiger partial charge in [-0.15, -0.1) is 35.1 Å². The van der Waals surface area contributed by atoms with Gasteiger partial charge in [0.1, 0.15) is 44.7 Å². The number of hydrogen-bond acceptors (Lipinski definition) is 21. The van der Waals surface area contributed by atoms with Gasteiger partial charge in [0.2, 0.25) is 0 Å². The number of thiazole rings is 2. The number of fused-ring (bicyclic) bond motifs is 6. The molecule has 22 nitrogen and oxygen atoms in total. The fourth-order valence-electron chi connectivity index (χ4n) is 12.8. The normalized spacial score (nSPS) is 20.1. The number of rotatable bonds is 19. The Balaban J connectivity index is 0.000000224. The molecule has 0 radical (unpaired) electrons. The van der Waals surface area contributed by atoms with Crippen molar-refractivity contribution in [3.63, 3.8) is 0 Å². The number of carbonyl (C=O) groups excluding carboxylic acids is 1. The van der Waals surface area contributed by atoms with E-state index < -0.39 is 41.4 Å². The molecule has 6 atom stereocenters. The van der Waals surface area contributed by atoms with Crippen LogP contribution in [0.25, 0.3) is 55.0 Å². The first-order chi connectivity index (χ1) is 42.9. The minimum Gasteiger partial charge on any atom is -0.444 e. The number of piperidine rings is 2. The van der Waals surface area contributed by atoms with Crippen LogP contribution in [-0.4, -0.2) is 162 Å². The minimum atomic E-state index is -3.90. The van der Waals surface area contributed by atoms with E-state index in [2.05, 4.69) is 64.6 Å². The molecule has 8 aromatic heterocycles. The topological polar surface area (TPSA) is 270 Å². The fraction of sp³-hybridized carbons (Fsp3) is 0.540. The van der Waals surface area contributed by atoms with Crippen LogP contribution in [0, 0.1) is 13.8 Å². The quantitative estimate of drug-likeness (QED) is 0.0432. The Morgan fingerprint density at radius 1 is 0.652 bits per heavy atom. The lowest BCUT2D eigenvalue weighted by molar-refractivity contribution is 0.00556. The molecule has 0 spiro atoms. The lowest BCUT2D eigenvalue weighted by Gasteiger charge is -2.40. The van der Waals surface area contributed by atoms with E-state index in [1.165, 1.54) is 17.0 Å². The van der Waals surface area contributed by atoms with Gasteiger partial charge in [0.05, 0.1) is 35.2 Å². The molecule has 4 aliphatic heterocycles. The second kappa shape index (κ2) is 27.1. The third kappa shape index (κ3) is 15.6. The fourth-order valence-corrected chi connectivity index (χ4v) is 18.0. The van der Waals surface area contributed by atoms with Crippen LogP contribution < -0.4 is 16.0 Å². The summed E-state index contributed by atoms with van der Waals surface area (Å²) in [4.78, 5) is 48.1. The first kappa shape index (κ1) is 69.0. The Morgan fingerprint density at radius 2 is 1.11 bits per heavy atom. The highest BCUT2D eigenvalue weighted by Gasteiger charge is 2.47. The largest absolute Gasteiger partial charge is 0.444 e. The minimum absolute atomic E-state index is 0. The number of nitrogens with one attached hydrogen (secondary N) is 1. The Bertz CT molecular complexity index is 4160. The van der Waals surface area contributed by atoms with E-state index in [9.17, 15) is 21.6 Å². The van der Waals surface area contributed by atoms with Crippen LogP contribution in [0.15, 0.2) is 71.2 Å². The number of ether oxygens (including phenoxy) is 3. The van der Waals surface area contributed by atoms with E-state index in [0.717, 1.165) is 104 Å². The number of anilines is 2. The number of aromatic nitrogens is 10. The van der Waals surface area contributed by atoms with E-state index in [4.69, 9.17) is 40.0 Å². The summed E-state index contributed by atoms with van der Waals surface area (Å²) in [5, 5.41) is 14.6. The van der Waals surface area contributed by atoms with Gasteiger partial charge in [-0.25, -0.2) is 41.6 Å². The van der Waals surface area contributed by atoms with Crippen molar-refractivity contribution in [3.8, 4) is 43.7 Å². The first-order valence-corrected chi connectivity index (χ1v) is 44.1. The first-order valence-electron chi connectivity index (χ1n) is 31.3. The molecule has 3 N–H and O–H groups in total. The van der Waals surface area contributed by atoms with Gasteiger partial charge in [-0.2, -0.15) is 19.2 Å². The summed E-state index contributed by atoms with van der Waals surface area (Å²) in [6.45, 7) is 24.8. The number of amides is 1. The number of carbonyl (C=O) groups is 1. The molecule has 4 saturated heterocycles. The highest BCUT2D eigenvalue weighted by Crippen LogP contribution is 2.48. The van der Waals surface area contributed by atoms with Crippen molar-refractivity contribution in [1.82, 2.24) is 59.3 Å². The molecule has 29 heteroatoms. The number of nitrogens with zero attached hydrogens (tertiary/aromatic N) is 12. The molecule has 496 valence electrons. The van der Waals surface area contributed by atoms with Crippen LogP contribution in [0.1, 0.15) is 105 Å². The molecule has 4 fully saturated rings. The number of hydrogen-bond donors (Lipinski definition) is 2. The maximum atomic E-state index is 14.3. The van der Waals surface area contributed by atoms with Crippen molar-refractivity contribution in [1.29, 1.82) is 0 Å².